The summed E-state index contributed by atoms with van der Waals surface area (Å²) < 4.78 is 0. The molecular formula is C16H18N4O2. The van der Waals surface area contributed by atoms with Crippen molar-refractivity contribution in [2.75, 3.05) is 38.1 Å². The highest BCUT2D eigenvalue weighted by Crippen LogP contribution is 2.23. The lowest BCUT2D eigenvalue weighted by molar-refractivity contribution is 0.0696. The first-order chi connectivity index (χ1) is 10.6. The first kappa shape index (κ1) is 14.5. The van der Waals surface area contributed by atoms with E-state index in [1.165, 1.54) is 6.20 Å². The summed E-state index contributed by atoms with van der Waals surface area (Å²) in [7, 11) is 2.06. The first-order valence-electron chi connectivity index (χ1n) is 7.24. The third-order valence-corrected chi connectivity index (χ3v) is 3.83. The molecule has 6 heteroatoms. The van der Waals surface area contributed by atoms with Gasteiger partial charge in [0, 0.05) is 37.9 Å². The fraction of sp³-hybridized carbons (Fsp3) is 0.312. The molecule has 6 nitrogen and oxygen atoms in total. The molecule has 1 aromatic heterocycles. The molecule has 1 N–H and O–H groups in total. The lowest BCUT2D eigenvalue weighted by Gasteiger charge is -2.33. The van der Waals surface area contributed by atoms with Crippen LogP contribution in [0.5, 0.6) is 0 Å². The van der Waals surface area contributed by atoms with E-state index in [0.29, 0.717) is 11.6 Å². The number of piperazine rings is 1. The van der Waals surface area contributed by atoms with Crippen molar-refractivity contribution in [3.8, 4) is 11.4 Å². The molecule has 0 unspecified atom stereocenters. The van der Waals surface area contributed by atoms with Gasteiger partial charge in [0.2, 0.25) is 0 Å². The molecular weight excluding hydrogens is 280 g/mol. The molecule has 0 saturated carbocycles. The maximum atomic E-state index is 11.5. The van der Waals surface area contributed by atoms with Gasteiger partial charge in [0.15, 0.2) is 5.82 Å². The van der Waals surface area contributed by atoms with Crippen LogP contribution in [0.25, 0.3) is 11.4 Å². The lowest BCUT2D eigenvalue weighted by atomic mass is 10.2. The molecule has 2 heterocycles. The van der Waals surface area contributed by atoms with Crippen LogP contribution in [0, 0.1) is 0 Å². The molecule has 1 aromatic carbocycles. The number of rotatable bonds is 3. The SMILES string of the molecule is CN1CCN(c2nc(-c3ccccc3)ncc2C(=O)O)CC1. The van der Waals surface area contributed by atoms with Crippen LogP contribution < -0.4 is 4.90 Å². The van der Waals surface area contributed by atoms with E-state index in [1.54, 1.807) is 0 Å². The van der Waals surface area contributed by atoms with E-state index < -0.39 is 5.97 Å². The van der Waals surface area contributed by atoms with Crippen molar-refractivity contribution >= 4 is 11.8 Å². The summed E-state index contributed by atoms with van der Waals surface area (Å²) in [6.45, 7) is 3.32. The Kier molecular flexibility index (Phi) is 4.02. The fourth-order valence-corrected chi connectivity index (χ4v) is 2.51. The van der Waals surface area contributed by atoms with Crippen molar-refractivity contribution < 1.29 is 9.90 Å². The quantitative estimate of drug-likeness (QED) is 0.928. The van der Waals surface area contributed by atoms with Gasteiger partial charge in [-0.1, -0.05) is 30.3 Å². The van der Waals surface area contributed by atoms with E-state index in [-0.39, 0.29) is 5.56 Å². The number of aromatic nitrogens is 2. The van der Waals surface area contributed by atoms with Crippen LogP contribution in [0.4, 0.5) is 5.82 Å². The molecule has 1 aliphatic heterocycles. The van der Waals surface area contributed by atoms with Gasteiger partial charge in [-0.25, -0.2) is 14.8 Å². The Bertz CT molecular complexity index is 667. The minimum absolute atomic E-state index is 0.157. The third-order valence-electron chi connectivity index (χ3n) is 3.83. The molecule has 1 fully saturated rings. The topological polar surface area (TPSA) is 69.6 Å². The fourth-order valence-electron chi connectivity index (χ4n) is 2.51. The molecule has 0 aliphatic carbocycles. The molecule has 0 spiro atoms. The molecule has 1 aliphatic rings. The Morgan fingerprint density at radius 3 is 2.45 bits per heavy atom. The van der Waals surface area contributed by atoms with E-state index >= 15 is 0 Å². The molecule has 0 atom stereocenters. The van der Waals surface area contributed by atoms with E-state index in [4.69, 9.17) is 0 Å². The largest absolute Gasteiger partial charge is 0.477 e. The Hall–Kier alpha value is -2.47. The van der Waals surface area contributed by atoms with Crippen LogP contribution in [0.15, 0.2) is 36.5 Å². The summed E-state index contributed by atoms with van der Waals surface area (Å²) in [5, 5.41) is 9.39. The summed E-state index contributed by atoms with van der Waals surface area (Å²) >= 11 is 0. The summed E-state index contributed by atoms with van der Waals surface area (Å²) in [6.07, 6.45) is 1.41. The Balaban J connectivity index is 2.00. The van der Waals surface area contributed by atoms with Gasteiger partial charge in [-0.05, 0) is 7.05 Å². The van der Waals surface area contributed by atoms with E-state index in [1.807, 2.05) is 35.2 Å². The zero-order valence-electron chi connectivity index (χ0n) is 12.4. The number of hydrogen-bond acceptors (Lipinski definition) is 5. The average Bonchev–Trinajstić information content (AvgIpc) is 2.56. The highest BCUT2D eigenvalue weighted by atomic mass is 16.4. The molecule has 114 valence electrons. The highest BCUT2D eigenvalue weighted by Gasteiger charge is 2.22. The van der Waals surface area contributed by atoms with Crippen molar-refractivity contribution in [2.45, 2.75) is 0 Å². The molecule has 22 heavy (non-hydrogen) atoms. The number of anilines is 1. The predicted molar refractivity (Wildman–Crippen MR) is 84.1 cm³/mol. The van der Waals surface area contributed by atoms with Crippen LogP contribution >= 0.6 is 0 Å². The molecule has 1 saturated heterocycles. The number of benzene rings is 1. The molecule has 0 radical (unpaired) electrons. The predicted octanol–water partition coefficient (Wildman–Crippen LogP) is 1.59. The first-order valence-corrected chi connectivity index (χ1v) is 7.24. The van der Waals surface area contributed by atoms with Crippen LogP contribution in [0.3, 0.4) is 0 Å². The number of hydrogen-bond donors (Lipinski definition) is 1. The second kappa shape index (κ2) is 6.11. The minimum Gasteiger partial charge on any atom is -0.477 e. The molecule has 3 rings (SSSR count). The number of aromatic carboxylic acids is 1. The zero-order chi connectivity index (χ0) is 15.5. The maximum absolute atomic E-state index is 11.5. The van der Waals surface area contributed by atoms with E-state index in [9.17, 15) is 9.90 Å². The van der Waals surface area contributed by atoms with Gasteiger partial charge in [0.25, 0.3) is 0 Å². The zero-order valence-corrected chi connectivity index (χ0v) is 12.4. The van der Waals surface area contributed by atoms with Crippen LogP contribution in [-0.4, -0.2) is 59.2 Å². The summed E-state index contributed by atoms with van der Waals surface area (Å²) in [5.74, 6) is 0.0718. The van der Waals surface area contributed by atoms with Gasteiger partial charge < -0.3 is 14.9 Å². The second-order valence-corrected chi connectivity index (χ2v) is 5.39. The van der Waals surface area contributed by atoms with Crippen LogP contribution in [0.1, 0.15) is 10.4 Å². The summed E-state index contributed by atoms with van der Waals surface area (Å²) in [6, 6.07) is 9.60. The second-order valence-electron chi connectivity index (χ2n) is 5.39. The molecule has 2 aromatic rings. The van der Waals surface area contributed by atoms with Crippen molar-refractivity contribution in [3.63, 3.8) is 0 Å². The van der Waals surface area contributed by atoms with Gasteiger partial charge in [0.1, 0.15) is 11.4 Å². The normalized spacial score (nSPS) is 15.8. The van der Waals surface area contributed by atoms with E-state index in [2.05, 4.69) is 21.9 Å². The minimum atomic E-state index is -0.992. The van der Waals surface area contributed by atoms with Crippen molar-refractivity contribution in [1.82, 2.24) is 14.9 Å². The van der Waals surface area contributed by atoms with Crippen LogP contribution in [-0.2, 0) is 0 Å². The smallest absolute Gasteiger partial charge is 0.341 e. The Labute approximate surface area is 129 Å². The van der Waals surface area contributed by atoms with Crippen molar-refractivity contribution in [1.29, 1.82) is 0 Å². The Morgan fingerprint density at radius 1 is 1.14 bits per heavy atom. The number of carbonyl (C=O) groups is 1. The van der Waals surface area contributed by atoms with Gasteiger partial charge in [-0.2, -0.15) is 0 Å². The van der Waals surface area contributed by atoms with Crippen LogP contribution in [0.2, 0.25) is 0 Å². The summed E-state index contributed by atoms with van der Waals surface area (Å²) in [4.78, 5) is 24.4. The van der Waals surface area contributed by atoms with Gasteiger partial charge in [-0.15, -0.1) is 0 Å². The van der Waals surface area contributed by atoms with Crippen molar-refractivity contribution in [2.24, 2.45) is 0 Å². The Morgan fingerprint density at radius 2 is 1.82 bits per heavy atom. The molecule has 0 amide bonds. The van der Waals surface area contributed by atoms with E-state index in [0.717, 1.165) is 31.7 Å². The number of carboxylic acids is 1. The third kappa shape index (κ3) is 2.92. The van der Waals surface area contributed by atoms with Gasteiger partial charge in [-0.3, -0.25) is 0 Å². The van der Waals surface area contributed by atoms with Gasteiger partial charge in [0.05, 0.1) is 0 Å². The average molecular weight is 298 g/mol. The summed E-state index contributed by atoms with van der Waals surface area (Å²) in [5.41, 5.74) is 1.04. The maximum Gasteiger partial charge on any atom is 0.341 e. The standard InChI is InChI=1S/C16H18N4O2/c1-19-7-9-20(10-8-19)15-13(16(21)22)11-17-14(18-15)12-5-3-2-4-6-12/h2-6,11H,7-10H2,1H3,(H,21,22). The highest BCUT2D eigenvalue weighted by molar-refractivity contribution is 5.93. The number of nitrogens with zero attached hydrogens (tertiary/aromatic N) is 4. The van der Waals surface area contributed by atoms with Gasteiger partial charge >= 0.3 is 5.97 Å². The monoisotopic (exact) mass is 298 g/mol. The number of carboxylic acid groups (broad SMARTS) is 1. The van der Waals surface area contributed by atoms with Crippen molar-refractivity contribution in [3.05, 3.63) is 42.1 Å². The lowest BCUT2D eigenvalue weighted by Crippen LogP contribution is -2.45. The number of likely N-dealkylation sites (N-methyl/N-ethyl adjacent to an activating group) is 1. The molecule has 0 bridgehead atoms.